The average Bonchev–Trinajstić information content (AvgIpc) is 2.30. The number of ether oxygens (including phenoxy) is 1. The maximum absolute atomic E-state index is 5.67. The lowest BCUT2D eigenvalue weighted by Crippen LogP contribution is -2.46. The van der Waals surface area contributed by atoms with Crippen LogP contribution in [0.15, 0.2) is 18.2 Å². The molecule has 16 heavy (non-hydrogen) atoms. The summed E-state index contributed by atoms with van der Waals surface area (Å²) >= 11 is 0. The van der Waals surface area contributed by atoms with Crippen molar-refractivity contribution in [3.05, 3.63) is 23.9 Å². The van der Waals surface area contributed by atoms with E-state index < -0.39 is 0 Å². The summed E-state index contributed by atoms with van der Waals surface area (Å²) in [6.45, 7) is 5.53. The molecule has 0 aromatic carbocycles. The number of pyridine rings is 1. The fourth-order valence-electron chi connectivity index (χ4n) is 1.98. The topological polar surface area (TPSA) is 37.4 Å². The van der Waals surface area contributed by atoms with Gasteiger partial charge in [0.1, 0.15) is 5.82 Å². The van der Waals surface area contributed by atoms with Crippen molar-refractivity contribution in [1.29, 1.82) is 0 Å². The number of rotatable bonds is 3. The van der Waals surface area contributed by atoms with Crippen molar-refractivity contribution in [1.82, 2.24) is 10.3 Å². The number of aryl methyl sites for hydroxylation is 1. The van der Waals surface area contributed by atoms with E-state index in [2.05, 4.69) is 27.3 Å². The van der Waals surface area contributed by atoms with Crippen LogP contribution < -0.4 is 10.2 Å². The molecule has 1 atom stereocenters. The smallest absolute Gasteiger partial charge is 0.128 e. The van der Waals surface area contributed by atoms with Crippen LogP contribution in [0.25, 0.3) is 0 Å². The van der Waals surface area contributed by atoms with E-state index in [1.54, 1.807) is 0 Å². The van der Waals surface area contributed by atoms with Gasteiger partial charge in [0.2, 0.25) is 0 Å². The molecule has 1 N–H and O–H groups in total. The van der Waals surface area contributed by atoms with Crippen molar-refractivity contribution in [2.24, 2.45) is 0 Å². The standard InChI is InChI=1S/C12H19N3O/c1-10-4-3-5-12(14-10)15-6-7-16-11(9-15)8-13-2/h3-5,11,13H,6-9H2,1-2H3. The number of likely N-dealkylation sites (N-methyl/N-ethyl adjacent to an activating group) is 1. The zero-order valence-corrected chi connectivity index (χ0v) is 9.94. The molecule has 88 valence electrons. The van der Waals surface area contributed by atoms with E-state index in [0.29, 0.717) is 0 Å². The number of nitrogens with zero attached hydrogens (tertiary/aromatic N) is 2. The zero-order chi connectivity index (χ0) is 11.4. The van der Waals surface area contributed by atoms with E-state index in [1.807, 2.05) is 20.0 Å². The molecular weight excluding hydrogens is 202 g/mol. The van der Waals surface area contributed by atoms with Crippen molar-refractivity contribution >= 4 is 5.82 Å². The van der Waals surface area contributed by atoms with Gasteiger partial charge in [-0.1, -0.05) is 6.07 Å². The first kappa shape index (κ1) is 11.4. The summed E-state index contributed by atoms with van der Waals surface area (Å²) in [5, 5.41) is 3.15. The Hall–Kier alpha value is -1.13. The van der Waals surface area contributed by atoms with Gasteiger partial charge in [0.15, 0.2) is 0 Å². The SMILES string of the molecule is CNCC1CN(c2cccc(C)n2)CCO1. The molecule has 2 rings (SSSR count). The summed E-state index contributed by atoms with van der Waals surface area (Å²) in [4.78, 5) is 6.83. The molecule has 1 saturated heterocycles. The first-order valence-electron chi connectivity index (χ1n) is 5.74. The molecule has 1 aromatic heterocycles. The summed E-state index contributed by atoms with van der Waals surface area (Å²) in [5.41, 5.74) is 1.06. The predicted octanol–water partition coefficient (Wildman–Crippen LogP) is 0.815. The van der Waals surface area contributed by atoms with Gasteiger partial charge in [-0.3, -0.25) is 0 Å². The van der Waals surface area contributed by atoms with Gasteiger partial charge in [-0.25, -0.2) is 4.98 Å². The summed E-state index contributed by atoms with van der Waals surface area (Å²) in [6, 6.07) is 6.14. The van der Waals surface area contributed by atoms with E-state index in [-0.39, 0.29) is 6.10 Å². The average molecular weight is 221 g/mol. The molecule has 1 aliphatic heterocycles. The Morgan fingerprint density at radius 1 is 1.56 bits per heavy atom. The minimum Gasteiger partial charge on any atom is -0.373 e. The third kappa shape index (κ3) is 2.71. The monoisotopic (exact) mass is 221 g/mol. The van der Waals surface area contributed by atoms with Crippen LogP contribution in [-0.4, -0.2) is 44.4 Å². The van der Waals surface area contributed by atoms with Crippen LogP contribution in [0.5, 0.6) is 0 Å². The Balaban J connectivity index is 2.03. The lowest BCUT2D eigenvalue weighted by atomic mass is 10.2. The summed E-state index contributed by atoms with van der Waals surface area (Å²) in [5.74, 6) is 1.06. The number of hydrogen-bond acceptors (Lipinski definition) is 4. The predicted molar refractivity (Wildman–Crippen MR) is 64.9 cm³/mol. The molecule has 0 saturated carbocycles. The highest BCUT2D eigenvalue weighted by Crippen LogP contribution is 2.15. The van der Waals surface area contributed by atoms with Crippen LogP contribution in [0.4, 0.5) is 5.82 Å². The van der Waals surface area contributed by atoms with Gasteiger partial charge < -0.3 is 15.0 Å². The summed E-state index contributed by atoms with van der Waals surface area (Å²) < 4.78 is 5.67. The Morgan fingerprint density at radius 3 is 3.19 bits per heavy atom. The normalized spacial score (nSPS) is 21.1. The lowest BCUT2D eigenvalue weighted by molar-refractivity contribution is 0.0419. The molecule has 1 aromatic rings. The third-order valence-electron chi connectivity index (χ3n) is 2.77. The number of anilines is 1. The van der Waals surface area contributed by atoms with Gasteiger partial charge in [0.25, 0.3) is 0 Å². The minimum atomic E-state index is 0.265. The summed E-state index contributed by atoms with van der Waals surface area (Å²) in [6.07, 6.45) is 0.265. The number of nitrogens with one attached hydrogen (secondary N) is 1. The van der Waals surface area contributed by atoms with E-state index >= 15 is 0 Å². The molecule has 2 heterocycles. The Kier molecular flexibility index (Phi) is 3.74. The van der Waals surface area contributed by atoms with Crippen LogP contribution in [0, 0.1) is 6.92 Å². The van der Waals surface area contributed by atoms with Gasteiger partial charge >= 0.3 is 0 Å². The van der Waals surface area contributed by atoms with Gasteiger partial charge in [0, 0.05) is 25.3 Å². The molecule has 0 amide bonds. The van der Waals surface area contributed by atoms with E-state index in [9.17, 15) is 0 Å². The molecule has 0 aliphatic carbocycles. The third-order valence-corrected chi connectivity index (χ3v) is 2.77. The van der Waals surface area contributed by atoms with Gasteiger partial charge in [-0.15, -0.1) is 0 Å². The second-order valence-electron chi connectivity index (χ2n) is 4.13. The fraction of sp³-hybridized carbons (Fsp3) is 0.583. The molecular formula is C12H19N3O. The van der Waals surface area contributed by atoms with Gasteiger partial charge in [-0.2, -0.15) is 0 Å². The van der Waals surface area contributed by atoms with E-state index in [1.165, 1.54) is 0 Å². The molecule has 0 spiro atoms. The Labute approximate surface area is 96.6 Å². The molecule has 4 nitrogen and oxygen atoms in total. The molecule has 4 heteroatoms. The van der Waals surface area contributed by atoms with Crippen molar-refractivity contribution in [3.8, 4) is 0 Å². The van der Waals surface area contributed by atoms with Gasteiger partial charge in [0.05, 0.1) is 12.7 Å². The van der Waals surface area contributed by atoms with Crippen LogP contribution in [-0.2, 0) is 4.74 Å². The van der Waals surface area contributed by atoms with Gasteiger partial charge in [-0.05, 0) is 26.1 Å². The van der Waals surface area contributed by atoms with E-state index in [0.717, 1.165) is 37.8 Å². The summed E-state index contributed by atoms with van der Waals surface area (Å²) in [7, 11) is 1.95. The van der Waals surface area contributed by atoms with Crippen LogP contribution in [0.3, 0.4) is 0 Å². The molecule has 1 aliphatic rings. The Bertz CT molecular complexity index is 341. The molecule has 0 bridgehead atoms. The maximum atomic E-state index is 5.67. The second kappa shape index (κ2) is 5.27. The Morgan fingerprint density at radius 2 is 2.44 bits per heavy atom. The lowest BCUT2D eigenvalue weighted by Gasteiger charge is -2.33. The minimum absolute atomic E-state index is 0.265. The molecule has 1 unspecified atom stereocenters. The largest absolute Gasteiger partial charge is 0.373 e. The highest BCUT2D eigenvalue weighted by atomic mass is 16.5. The fourth-order valence-corrected chi connectivity index (χ4v) is 1.98. The maximum Gasteiger partial charge on any atom is 0.128 e. The number of aromatic nitrogens is 1. The highest BCUT2D eigenvalue weighted by molar-refractivity contribution is 5.39. The first-order valence-corrected chi connectivity index (χ1v) is 5.74. The van der Waals surface area contributed by atoms with Crippen LogP contribution >= 0.6 is 0 Å². The van der Waals surface area contributed by atoms with E-state index in [4.69, 9.17) is 4.74 Å². The molecule has 1 fully saturated rings. The van der Waals surface area contributed by atoms with Crippen LogP contribution in [0.2, 0.25) is 0 Å². The zero-order valence-electron chi connectivity index (χ0n) is 9.94. The van der Waals surface area contributed by atoms with Crippen LogP contribution in [0.1, 0.15) is 5.69 Å². The van der Waals surface area contributed by atoms with Crippen molar-refractivity contribution in [2.75, 3.05) is 38.2 Å². The highest BCUT2D eigenvalue weighted by Gasteiger charge is 2.20. The second-order valence-corrected chi connectivity index (χ2v) is 4.13. The number of hydrogen-bond donors (Lipinski definition) is 1. The molecule has 0 radical (unpaired) electrons. The van der Waals surface area contributed by atoms with Crippen molar-refractivity contribution in [3.63, 3.8) is 0 Å². The number of morpholine rings is 1. The van der Waals surface area contributed by atoms with Crippen molar-refractivity contribution < 1.29 is 4.74 Å². The quantitative estimate of drug-likeness (QED) is 0.820. The first-order chi connectivity index (χ1) is 7.79. The van der Waals surface area contributed by atoms with Crippen molar-refractivity contribution in [2.45, 2.75) is 13.0 Å².